The zero-order valence-electron chi connectivity index (χ0n) is 11.6. The number of benzene rings is 1. The minimum absolute atomic E-state index is 0.505. The molecule has 0 spiro atoms. The number of aliphatic hydroxyl groups is 1. The van der Waals surface area contributed by atoms with Gasteiger partial charge in [0.15, 0.2) is 0 Å². The molecule has 1 aliphatic rings. The molecule has 3 nitrogen and oxygen atoms in total. The summed E-state index contributed by atoms with van der Waals surface area (Å²) in [5, 5.41) is 20.3. The van der Waals surface area contributed by atoms with Crippen LogP contribution in [0.3, 0.4) is 0 Å². The van der Waals surface area contributed by atoms with Gasteiger partial charge in [-0.3, -0.25) is 0 Å². The summed E-state index contributed by atoms with van der Waals surface area (Å²) < 4.78 is 5.13. The molecule has 0 bridgehead atoms. The first-order valence-electron chi connectivity index (χ1n) is 6.80. The van der Waals surface area contributed by atoms with Crippen molar-refractivity contribution in [3.8, 4) is 11.8 Å². The summed E-state index contributed by atoms with van der Waals surface area (Å²) in [6.45, 7) is 1.80. The highest BCUT2D eigenvalue weighted by Crippen LogP contribution is 2.47. The second-order valence-electron chi connectivity index (χ2n) is 5.70. The van der Waals surface area contributed by atoms with E-state index in [9.17, 15) is 10.4 Å². The molecule has 102 valence electrons. The molecule has 1 aromatic carbocycles. The molecular weight excluding hydrogens is 238 g/mol. The minimum atomic E-state index is -0.979. The van der Waals surface area contributed by atoms with Gasteiger partial charge in [0.1, 0.15) is 5.75 Å². The quantitative estimate of drug-likeness (QED) is 0.904. The highest BCUT2D eigenvalue weighted by Gasteiger charge is 2.49. The second kappa shape index (κ2) is 5.22. The van der Waals surface area contributed by atoms with Gasteiger partial charge >= 0.3 is 0 Å². The molecule has 0 saturated heterocycles. The average Bonchev–Trinajstić information content (AvgIpc) is 2.90. The van der Waals surface area contributed by atoms with Crippen molar-refractivity contribution < 1.29 is 9.84 Å². The van der Waals surface area contributed by atoms with Crippen LogP contribution in [0.2, 0.25) is 0 Å². The van der Waals surface area contributed by atoms with Gasteiger partial charge in [0.25, 0.3) is 0 Å². The molecule has 1 N–H and O–H groups in total. The average molecular weight is 259 g/mol. The molecule has 1 aliphatic carbocycles. The lowest BCUT2D eigenvalue weighted by Crippen LogP contribution is -2.45. The highest BCUT2D eigenvalue weighted by molar-refractivity contribution is 5.29. The van der Waals surface area contributed by atoms with Gasteiger partial charge in [-0.1, -0.05) is 25.0 Å². The van der Waals surface area contributed by atoms with Crippen LogP contribution in [0.1, 0.15) is 38.2 Å². The van der Waals surface area contributed by atoms with Crippen molar-refractivity contribution >= 4 is 0 Å². The summed E-state index contributed by atoms with van der Waals surface area (Å²) in [6, 6.07) is 10.1. The fraction of sp³-hybridized carbons (Fsp3) is 0.562. The molecule has 2 rings (SSSR count). The van der Waals surface area contributed by atoms with E-state index in [1.165, 1.54) is 0 Å². The number of methoxy groups -OCH3 is 1. The van der Waals surface area contributed by atoms with E-state index >= 15 is 0 Å². The Balaban J connectivity index is 2.18. The van der Waals surface area contributed by atoms with E-state index < -0.39 is 11.0 Å². The van der Waals surface area contributed by atoms with Gasteiger partial charge in [0.2, 0.25) is 0 Å². The van der Waals surface area contributed by atoms with Gasteiger partial charge in [0, 0.05) is 6.42 Å². The largest absolute Gasteiger partial charge is 0.497 e. The topological polar surface area (TPSA) is 53.2 Å². The van der Waals surface area contributed by atoms with Gasteiger partial charge in [0.05, 0.1) is 24.2 Å². The zero-order valence-corrected chi connectivity index (χ0v) is 11.6. The Hall–Kier alpha value is -1.53. The number of rotatable bonds is 4. The molecule has 3 heteroatoms. The van der Waals surface area contributed by atoms with Crippen molar-refractivity contribution in [3.05, 3.63) is 29.8 Å². The summed E-state index contributed by atoms with van der Waals surface area (Å²) in [4.78, 5) is 0. The van der Waals surface area contributed by atoms with Crippen molar-refractivity contribution in [2.75, 3.05) is 7.11 Å². The van der Waals surface area contributed by atoms with Crippen molar-refractivity contribution in [1.82, 2.24) is 0 Å². The fourth-order valence-electron chi connectivity index (χ4n) is 3.06. The van der Waals surface area contributed by atoms with E-state index in [0.29, 0.717) is 6.42 Å². The Bertz CT molecular complexity index is 465. The number of nitriles is 1. The van der Waals surface area contributed by atoms with Crippen molar-refractivity contribution in [1.29, 1.82) is 5.26 Å². The first-order chi connectivity index (χ1) is 9.03. The van der Waals surface area contributed by atoms with Gasteiger partial charge in [-0.15, -0.1) is 0 Å². The fourth-order valence-corrected chi connectivity index (χ4v) is 3.06. The smallest absolute Gasteiger partial charge is 0.118 e. The molecule has 1 fully saturated rings. The van der Waals surface area contributed by atoms with Gasteiger partial charge < -0.3 is 9.84 Å². The molecule has 0 amide bonds. The molecule has 1 atom stereocenters. The maximum absolute atomic E-state index is 10.8. The minimum Gasteiger partial charge on any atom is -0.497 e. The SMILES string of the molecule is COc1ccc(CC(C)(O)C2(C#N)CCCC2)cc1. The van der Waals surface area contributed by atoms with E-state index in [0.717, 1.165) is 37.0 Å². The van der Waals surface area contributed by atoms with Crippen LogP contribution in [-0.2, 0) is 6.42 Å². The van der Waals surface area contributed by atoms with Crippen LogP contribution >= 0.6 is 0 Å². The molecule has 1 aromatic rings. The monoisotopic (exact) mass is 259 g/mol. The van der Waals surface area contributed by atoms with Gasteiger partial charge in [-0.25, -0.2) is 0 Å². The van der Waals surface area contributed by atoms with Crippen molar-refractivity contribution in [2.45, 2.75) is 44.6 Å². The van der Waals surface area contributed by atoms with E-state index in [1.807, 2.05) is 24.3 Å². The standard InChI is InChI=1S/C16H21NO2/c1-15(18,16(12-17)9-3-4-10-16)11-13-5-7-14(19-2)8-6-13/h5-8,18H,3-4,9-11H2,1-2H3. The summed E-state index contributed by atoms with van der Waals surface area (Å²) in [6.07, 6.45) is 4.17. The van der Waals surface area contributed by atoms with E-state index in [-0.39, 0.29) is 0 Å². The van der Waals surface area contributed by atoms with Crippen LogP contribution in [0.25, 0.3) is 0 Å². The van der Waals surface area contributed by atoms with Crippen LogP contribution in [0.5, 0.6) is 5.75 Å². The van der Waals surface area contributed by atoms with Crippen LogP contribution in [0.15, 0.2) is 24.3 Å². The van der Waals surface area contributed by atoms with Gasteiger partial charge in [-0.05, 0) is 37.5 Å². The van der Waals surface area contributed by atoms with Gasteiger partial charge in [-0.2, -0.15) is 5.26 Å². The first kappa shape index (κ1) is 13.9. The maximum Gasteiger partial charge on any atom is 0.118 e. The Morgan fingerprint density at radius 3 is 2.37 bits per heavy atom. The Morgan fingerprint density at radius 1 is 1.32 bits per heavy atom. The van der Waals surface area contributed by atoms with E-state index in [4.69, 9.17) is 4.74 Å². The molecule has 0 radical (unpaired) electrons. The number of nitrogens with zero attached hydrogens (tertiary/aromatic N) is 1. The van der Waals surface area contributed by atoms with E-state index in [1.54, 1.807) is 14.0 Å². The van der Waals surface area contributed by atoms with Crippen LogP contribution < -0.4 is 4.74 Å². The molecule has 0 aromatic heterocycles. The molecule has 0 heterocycles. The lowest BCUT2D eigenvalue weighted by molar-refractivity contribution is -0.0359. The molecule has 1 saturated carbocycles. The summed E-state index contributed by atoms with van der Waals surface area (Å²) in [5.41, 5.74) is -0.535. The maximum atomic E-state index is 10.8. The first-order valence-corrected chi connectivity index (χ1v) is 6.80. The molecule has 0 aliphatic heterocycles. The summed E-state index contributed by atoms with van der Waals surface area (Å²) in [5.74, 6) is 0.805. The number of hydrogen-bond acceptors (Lipinski definition) is 3. The second-order valence-corrected chi connectivity index (χ2v) is 5.70. The van der Waals surface area contributed by atoms with E-state index in [2.05, 4.69) is 6.07 Å². The Labute approximate surface area is 114 Å². The van der Waals surface area contributed by atoms with Crippen LogP contribution in [-0.4, -0.2) is 17.8 Å². The number of hydrogen-bond donors (Lipinski definition) is 1. The zero-order chi connectivity index (χ0) is 13.9. The summed E-state index contributed by atoms with van der Waals surface area (Å²) >= 11 is 0. The van der Waals surface area contributed by atoms with Crippen LogP contribution in [0.4, 0.5) is 0 Å². The lowest BCUT2D eigenvalue weighted by Gasteiger charge is -2.37. The third-order valence-corrected chi connectivity index (χ3v) is 4.41. The Morgan fingerprint density at radius 2 is 1.89 bits per heavy atom. The molecule has 19 heavy (non-hydrogen) atoms. The highest BCUT2D eigenvalue weighted by atomic mass is 16.5. The third kappa shape index (κ3) is 2.59. The lowest BCUT2D eigenvalue weighted by atomic mass is 9.70. The third-order valence-electron chi connectivity index (χ3n) is 4.41. The van der Waals surface area contributed by atoms with Crippen LogP contribution in [0, 0.1) is 16.7 Å². The Kier molecular flexibility index (Phi) is 3.82. The summed E-state index contributed by atoms with van der Waals surface area (Å²) in [7, 11) is 1.63. The van der Waals surface area contributed by atoms with Crippen molar-refractivity contribution in [3.63, 3.8) is 0 Å². The molecular formula is C16H21NO2. The van der Waals surface area contributed by atoms with Crippen molar-refractivity contribution in [2.24, 2.45) is 5.41 Å². The molecule has 1 unspecified atom stereocenters. The predicted octanol–water partition coefficient (Wildman–Crippen LogP) is 3.07. The predicted molar refractivity (Wildman–Crippen MR) is 73.8 cm³/mol. The normalized spacial score (nSPS) is 20.5. The number of ether oxygens (including phenoxy) is 1.